The molecule has 2 rings (SSSR count). The summed E-state index contributed by atoms with van der Waals surface area (Å²) in [5.74, 6) is -1.22. The van der Waals surface area contributed by atoms with Gasteiger partial charge in [-0.2, -0.15) is 0 Å². The number of methoxy groups -OCH3 is 1. The van der Waals surface area contributed by atoms with Crippen molar-refractivity contribution in [2.24, 2.45) is 0 Å². The zero-order valence-electron chi connectivity index (χ0n) is 11.6. The van der Waals surface area contributed by atoms with Gasteiger partial charge in [-0.1, -0.05) is 29.3 Å². The Kier molecular flexibility index (Phi) is 5.16. The molecule has 1 aliphatic heterocycles. The number of carbonyl (C=O) groups is 3. The molecule has 0 unspecified atom stereocenters. The van der Waals surface area contributed by atoms with E-state index in [2.05, 4.69) is 4.74 Å². The van der Waals surface area contributed by atoms with Crippen molar-refractivity contribution in [2.45, 2.75) is 13.0 Å². The Morgan fingerprint density at radius 1 is 1.36 bits per heavy atom. The van der Waals surface area contributed by atoms with Gasteiger partial charge in [-0.15, -0.1) is 0 Å². The highest BCUT2D eigenvalue weighted by atomic mass is 35.5. The largest absolute Gasteiger partial charge is 0.467 e. The van der Waals surface area contributed by atoms with Gasteiger partial charge in [0.15, 0.2) is 0 Å². The first-order valence-electron chi connectivity index (χ1n) is 6.15. The Balaban J connectivity index is 2.31. The van der Waals surface area contributed by atoms with Gasteiger partial charge in [0.1, 0.15) is 6.04 Å². The summed E-state index contributed by atoms with van der Waals surface area (Å²) >= 11 is 12.6. The van der Waals surface area contributed by atoms with Gasteiger partial charge in [-0.3, -0.25) is 14.5 Å². The average molecular weight is 360 g/mol. The van der Waals surface area contributed by atoms with Crippen LogP contribution in [0.1, 0.15) is 12.5 Å². The van der Waals surface area contributed by atoms with Crippen LogP contribution in [0.2, 0.25) is 10.0 Å². The van der Waals surface area contributed by atoms with Crippen molar-refractivity contribution in [2.75, 3.05) is 7.11 Å². The molecule has 0 aliphatic carbocycles. The second-order valence-electron chi connectivity index (χ2n) is 4.42. The van der Waals surface area contributed by atoms with Gasteiger partial charge in [-0.25, -0.2) is 4.79 Å². The summed E-state index contributed by atoms with van der Waals surface area (Å²) in [4.78, 5) is 36.8. The molecule has 8 heteroatoms. The van der Waals surface area contributed by atoms with E-state index in [4.69, 9.17) is 23.2 Å². The molecule has 1 fully saturated rings. The standard InChI is InChI=1S/C14H11Cl2NO4S/c1-7(13(19)21-2)17-12(18)11(22-14(17)20)5-8-3-4-9(15)6-10(8)16/h3-7H,1-2H3/b11-5-/t7-/m0/s1. The van der Waals surface area contributed by atoms with E-state index in [0.717, 1.165) is 16.7 Å². The van der Waals surface area contributed by atoms with E-state index in [9.17, 15) is 14.4 Å². The molecule has 2 amide bonds. The molecule has 116 valence electrons. The van der Waals surface area contributed by atoms with Crippen molar-refractivity contribution in [3.8, 4) is 0 Å². The molecular weight excluding hydrogens is 349 g/mol. The van der Waals surface area contributed by atoms with Gasteiger partial charge in [0, 0.05) is 10.0 Å². The first-order valence-corrected chi connectivity index (χ1v) is 7.72. The summed E-state index contributed by atoms with van der Waals surface area (Å²) in [5, 5.41) is 0.300. The quantitative estimate of drug-likeness (QED) is 0.609. The highest BCUT2D eigenvalue weighted by Crippen LogP contribution is 2.35. The van der Waals surface area contributed by atoms with Crippen LogP contribution in [0.4, 0.5) is 4.79 Å². The molecule has 1 aliphatic rings. The third-order valence-electron chi connectivity index (χ3n) is 3.00. The van der Waals surface area contributed by atoms with Crippen molar-refractivity contribution in [3.05, 3.63) is 38.7 Å². The van der Waals surface area contributed by atoms with Gasteiger partial charge < -0.3 is 4.74 Å². The first-order chi connectivity index (χ1) is 10.3. The summed E-state index contributed by atoms with van der Waals surface area (Å²) in [6, 6.07) is 3.82. The van der Waals surface area contributed by atoms with Crippen molar-refractivity contribution < 1.29 is 19.1 Å². The number of rotatable bonds is 3. The first kappa shape index (κ1) is 16.9. The number of halogens is 2. The van der Waals surface area contributed by atoms with E-state index in [1.165, 1.54) is 26.2 Å². The number of hydrogen-bond acceptors (Lipinski definition) is 5. The monoisotopic (exact) mass is 359 g/mol. The van der Waals surface area contributed by atoms with Crippen LogP contribution in [0.5, 0.6) is 0 Å². The Morgan fingerprint density at radius 3 is 2.64 bits per heavy atom. The minimum Gasteiger partial charge on any atom is -0.467 e. The Hall–Kier alpha value is -1.50. The summed E-state index contributed by atoms with van der Waals surface area (Å²) in [6.07, 6.45) is 1.49. The van der Waals surface area contributed by atoms with Gasteiger partial charge in [0.2, 0.25) is 0 Å². The summed E-state index contributed by atoms with van der Waals surface area (Å²) in [5.41, 5.74) is 0.558. The molecule has 0 radical (unpaired) electrons. The lowest BCUT2D eigenvalue weighted by Gasteiger charge is -2.18. The van der Waals surface area contributed by atoms with Crippen LogP contribution in [0.25, 0.3) is 6.08 Å². The van der Waals surface area contributed by atoms with E-state index in [1.54, 1.807) is 12.1 Å². The Bertz CT molecular complexity index is 689. The molecule has 0 aromatic heterocycles. The van der Waals surface area contributed by atoms with Crippen LogP contribution in [0, 0.1) is 0 Å². The van der Waals surface area contributed by atoms with Crippen LogP contribution < -0.4 is 0 Å². The smallest absolute Gasteiger partial charge is 0.328 e. The minimum absolute atomic E-state index is 0.185. The fraction of sp³-hybridized carbons (Fsp3) is 0.214. The van der Waals surface area contributed by atoms with Crippen molar-refractivity contribution in [1.82, 2.24) is 4.90 Å². The molecule has 1 heterocycles. The number of hydrogen-bond donors (Lipinski definition) is 0. The number of thioether (sulfide) groups is 1. The van der Waals surface area contributed by atoms with Gasteiger partial charge >= 0.3 is 5.97 Å². The maximum atomic E-state index is 12.3. The molecule has 1 saturated heterocycles. The third kappa shape index (κ3) is 3.29. The van der Waals surface area contributed by atoms with Crippen LogP contribution in [0.15, 0.2) is 23.1 Å². The highest BCUT2D eigenvalue weighted by Gasteiger charge is 2.41. The number of benzene rings is 1. The molecule has 1 atom stereocenters. The molecule has 5 nitrogen and oxygen atoms in total. The predicted octanol–water partition coefficient (Wildman–Crippen LogP) is 3.59. The fourth-order valence-electron chi connectivity index (χ4n) is 1.85. The number of ether oxygens (including phenoxy) is 1. The topological polar surface area (TPSA) is 63.7 Å². The molecular formula is C14H11Cl2NO4S. The molecule has 0 N–H and O–H groups in total. The Labute approximate surface area is 141 Å². The van der Waals surface area contributed by atoms with E-state index in [-0.39, 0.29) is 4.91 Å². The van der Waals surface area contributed by atoms with Gasteiger partial charge in [0.25, 0.3) is 11.1 Å². The second kappa shape index (κ2) is 6.73. The van der Waals surface area contributed by atoms with Gasteiger partial charge in [0.05, 0.1) is 12.0 Å². The summed E-state index contributed by atoms with van der Waals surface area (Å²) in [6.45, 7) is 1.43. The average Bonchev–Trinajstić information content (AvgIpc) is 2.75. The molecule has 22 heavy (non-hydrogen) atoms. The highest BCUT2D eigenvalue weighted by molar-refractivity contribution is 8.18. The van der Waals surface area contributed by atoms with Crippen LogP contribution >= 0.6 is 35.0 Å². The number of imide groups is 1. The van der Waals surface area contributed by atoms with Gasteiger partial charge in [-0.05, 0) is 42.5 Å². The number of amides is 2. The van der Waals surface area contributed by atoms with E-state index in [0.29, 0.717) is 15.6 Å². The normalized spacial score (nSPS) is 18.0. The lowest BCUT2D eigenvalue weighted by atomic mass is 10.2. The maximum absolute atomic E-state index is 12.3. The van der Waals surface area contributed by atoms with Crippen molar-refractivity contribution in [3.63, 3.8) is 0 Å². The van der Waals surface area contributed by atoms with E-state index >= 15 is 0 Å². The molecule has 0 spiro atoms. The van der Waals surface area contributed by atoms with Crippen LogP contribution in [-0.4, -0.2) is 35.2 Å². The molecule has 1 aromatic carbocycles. The molecule has 0 saturated carbocycles. The van der Waals surface area contributed by atoms with E-state index in [1.807, 2.05) is 0 Å². The second-order valence-corrected chi connectivity index (χ2v) is 6.25. The molecule has 1 aromatic rings. The zero-order valence-corrected chi connectivity index (χ0v) is 14.0. The zero-order chi connectivity index (χ0) is 16.4. The van der Waals surface area contributed by atoms with Crippen LogP contribution in [-0.2, 0) is 14.3 Å². The number of nitrogens with zero attached hydrogens (tertiary/aromatic N) is 1. The molecule has 0 bridgehead atoms. The van der Waals surface area contributed by atoms with E-state index < -0.39 is 23.2 Å². The fourth-order valence-corrected chi connectivity index (χ4v) is 3.21. The third-order valence-corrected chi connectivity index (χ3v) is 4.45. The van der Waals surface area contributed by atoms with Crippen LogP contribution in [0.3, 0.4) is 0 Å². The minimum atomic E-state index is -0.982. The lowest BCUT2D eigenvalue weighted by molar-refractivity contribution is -0.148. The number of carbonyl (C=O) groups excluding carboxylic acids is 3. The summed E-state index contributed by atoms with van der Waals surface area (Å²) < 4.78 is 4.56. The Morgan fingerprint density at radius 2 is 2.05 bits per heavy atom. The van der Waals surface area contributed by atoms with Crippen molar-refractivity contribution >= 4 is 58.2 Å². The SMILES string of the molecule is COC(=O)[C@H](C)N1C(=O)S/C(=C\c2ccc(Cl)cc2Cl)C1=O. The maximum Gasteiger partial charge on any atom is 0.328 e. The lowest BCUT2D eigenvalue weighted by Crippen LogP contribution is -2.42. The number of esters is 1. The predicted molar refractivity (Wildman–Crippen MR) is 85.8 cm³/mol. The summed E-state index contributed by atoms with van der Waals surface area (Å²) in [7, 11) is 1.20. The van der Waals surface area contributed by atoms with Crippen molar-refractivity contribution in [1.29, 1.82) is 0 Å².